The fourth-order valence-corrected chi connectivity index (χ4v) is 1.73. The van der Waals surface area contributed by atoms with Crippen LogP contribution in [-0.2, 0) is 12.8 Å². The molecule has 0 amide bonds. The first-order valence-electron chi connectivity index (χ1n) is 5.53. The number of anilines is 1. The molecule has 1 aromatic carbocycles. The minimum absolute atomic E-state index is 0.243. The zero-order chi connectivity index (χ0) is 12.3. The van der Waals surface area contributed by atoms with E-state index in [4.69, 9.17) is 14.9 Å². The number of methoxy groups -OCH3 is 1. The number of aromatic nitrogens is 1. The highest BCUT2D eigenvalue weighted by Crippen LogP contribution is 2.16. The summed E-state index contributed by atoms with van der Waals surface area (Å²) in [7, 11) is 1.66. The topological polar surface area (TPSA) is 61.3 Å². The van der Waals surface area contributed by atoms with Crippen LogP contribution < -0.4 is 10.5 Å². The molecule has 0 saturated carbocycles. The van der Waals surface area contributed by atoms with Gasteiger partial charge in [0.1, 0.15) is 11.5 Å². The van der Waals surface area contributed by atoms with Gasteiger partial charge in [-0.3, -0.25) is 0 Å². The lowest BCUT2D eigenvalue weighted by atomic mass is 10.1. The number of ether oxygens (including phenoxy) is 1. The van der Waals surface area contributed by atoms with Crippen molar-refractivity contribution in [2.75, 3.05) is 12.8 Å². The Labute approximate surface area is 100 Å². The molecule has 2 rings (SSSR count). The van der Waals surface area contributed by atoms with E-state index >= 15 is 0 Å². The van der Waals surface area contributed by atoms with Crippen LogP contribution >= 0.6 is 0 Å². The number of aryl methyl sites for hydroxylation is 3. The molecule has 0 radical (unpaired) electrons. The summed E-state index contributed by atoms with van der Waals surface area (Å²) in [5, 5.41) is 0. The Balaban J connectivity index is 1.99. The van der Waals surface area contributed by atoms with Crippen LogP contribution in [0.1, 0.15) is 17.0 Å². The number of hydrogen-bond acceptors (Lipinski definition) is 4. The summed E-state index contributed by atoms with van der Waals surface area (Å²) >= 11 is 0. The maximum Gasteiger partial charge on any atom is 0.292 e. The minimum atomic E-state index is 0.243. The maximum atomic E-state index is 5.49. The molecule has 1 heterocycles. The first-order chi connectivity index (χ1) is 8.19. The van der Waals surface area contributed by atoms with E-state index in [1.54, 1.807) is 7.11 Å². The van der Waals surface area contributed by atoms with E-state index in [1.807, 2.05) is 31.2 Å². The molecule has 0 saturated heterocycles. The third-order valence-corrected chi connectivity index (χ3v) is 2.71. The monoisotopic (exact) mass is 232 g/mol. The van der Waals surface area contributed by atoms with Crippen LogP contribution in [0.2, 0.25) is 0 Å². The van der Waals surface area contributed by atoms with Crippen LogP contribution in [0.4, 0.5) is 6.01 Å². The molecule has 0 atom stereocenters. The standard InChI is InChI=1S/C13H16N2O2/c1-9-12(17-13(14)15-9)8-5-10-3-6-11(16-2)7-4-10/h3-4,6-7H,5,8H2,1-2H3,(H2,14,15). The van der Waals surface area contributed by atoms with E-state index in [9.17, 15) is 0 Å². The zero-order valence-electron chi connectivity index (χ0n) is 10.1. The molecule has 0 fully saturated rings. The first-order valence-corrected chi connectivity index (χ1v) is 5.53. The molecule has 0 aliphatic heterocycles. The predicted octanol–water partition coefficient (Wildman–Crippen LogP) is 2.36. The van der Waals surface area contributed by atoms with Gasteiger partial charge in [0.05, 0.1) is 12.8 Å². The molecule has 0 aliphatic rings. The molecule has 0 unspecified atom stereocenters. The highest BCUT2D eigenvalue weighted by molar-refractivity contribution is 5.28. The Kier molecular flexibility index (Phi) is 3.32. The summed E-state index contributed by atoms with van der Waals surface area (Å²) < 4.78 is 10.4. The van der Waals surface area contributed by atoms with Crippen molar-refractivity contribution in [3.63, 3.8) is 0 Å². The Morgan fingerprint density at radius 2 is 1.94 bits per heavy atom. The van der Waals surface area contributed by atoms with E-state index in [0.717, 1.165) is 30.0 Å². The summed E-state index contributed by atoms with van der Waals surface area (Å²) in [4.78, 5) is 4.04. The average molecular weight is 232 g/mol. The van der Waals surface area contributed by atoms with Crippen LogP contribution in [-0.4, -0.2) is 12.1 Å². The molecular formula is C13H16N2O2. The van der Waals surface area contributed by atoms with E-state index in [2.05, 4.69) is 4.98 Å². The quantitative estimate of drug-likeness (QED) is 0.879. The molecular weight excluding hydrogens is 216 g/mol. The van der Waals surface area contributed by atoms with Gasteiger partial charge in [-0.05, 0) is 31.0 Å². The number of hydrogen-bond donors (Lipinski definition) is 1. The van der Waals surface area contributed by atoms with E-state index < -0.39 is 0 Å². The molecule has 4 nitrogen and oxygen atoms in total. The van der Waals surface area contributed by atoms with Crippen LogP contribution in [0.15, 0.2) is 28.7 Å². The van der Waals surface area contributed by atoms with Gasteiger partial charge in [-0.1, -0.05) is 12.1 Å². The van der Waals surface area contributed by atoms with Gasteiger partial charge in [0.2, 0.25) is 0 Å². The second-order valence-corrected chi connectivity index (χ2v) is 3.91. The molecule has 1 aromatic heterocycles. The van der Waals surface area contributed by atoms with Crippen molar-refractivity contribution >= 4 is 6.01 Å². The molecule has 2 N–H and O–H groups in total. The van der Waals surface area contributed by atoms with Gasteiger partial charge in [0.15, 0.2) is 0 Å². The normalized spacial score (nSPS) is 10.5. The van der Waals surface area contributed by atoms with E-state index in [-0.39, 0.29) is 6.01 Å². The summed E-state index contributed by atoms with van der Waals surface area (Å²) in [6.45, 7) is 1.91. The fourth-order valence-electron chi connectivity index (χ4n) is 1.73. The van der Waals surface area contributed by atoms with Crippen molar-refractivity contribution in [2.45, 2.75) is 19.8 Å². The van der Waals surface area contributed by atoms with Crippen molar-refractivity contribution in [3.8, 4) is 5.75 Å². The lowest BCUT2D eigenvalue weighted by Gasteiger charge is -2.02. The van der Waals surface area contributed by atoms with Gasteiger partial charge < -0.3 is 14.9 Å². The second kappa shape index (κ2) is 4.91. The van der Waals surface area contributed by atoms with E-state index in [0.29, 0.717) is 0 Å². The molecule has 0 spiro atoms. The second-order valence-electron chi connectivity index (χ2n) is 3.91. The van der Waals surface area contributed by atoms with Crippen molar-refractivity contribution in [1.29, 1.82) is 0 Å². The lowest BCUT2D eigenvalue weighted by Crippen LogP contribution is -1.92. The summed E-state index contributed by atoms with van der Waals surface area (Å²) in [5.41, 5.74) is 7.60. The van der Waals surface area contributed by atoms with Crippen LogP contribution in [0.5, 0.6) is 5.75 Å². The molecule has 2 aromatic rings. The Morgan fingerprint density at radius 1 is 1.24 bits per heavy atom. The lowest BCUT2D eigenvalue weighted by molar-refractivity contribution is 0.414. The Hall–Kier alpha value is -1.97. The fraction of sp³-hybridized carbons (Fsp3) is 0.308. The van der Waals surface area contributed by atoms with Gasteiger partial charge in [-0.25, -0.2) is 0 Å². The maximum absolute atomic E-state index is 5.49. The highest BCUT2D eigenvalue weighted by Gasteiger charge is 2.07. The first kappa shape index (κ1) is 11.5. The van der Waals surface area contributed by atoms with Gasteiger partial charge in [0, 0.05) is 6.42 Å². The highest BCUT2D eigenvalue weighted by atomic mass is 16.5. The van der Waals surface area contributed by atoms with Gasteiger partial charge in [-0.2, -0.15) is 4.98 Å². The van der Waals surface area contributed by atoms with E-state index in [1.165, 1.54) is 5.56 Å². The van der Waals surface area contributed by atoms with Crippen molar-refractivity contribution in [2.24, 2.45) is 0 Å². The third-order valence-electron chi connectivity index (χ3n) is 2.71. The number of nitrogens with two attached hydrogens (primary N) is 1. The summed E-state index contributed by atoms with van der Waals surface area (Å²) in [6, 6.07) is 8.25. The molecule has 4 heteroatoms. The number of rotatable bonds is 4. The Morgan fingerprint density at radius 3 is 2.47 bits per heavy atom. The minimum Gasteiger partial charge on any atom is -0.497 e. The number of oxazole rings is 1. The average Bonchev–Trinajstić information content (AvgIpc) is 2.66. The smallest absolute Gasteiger partial charge is 0.292 e. The van der Waals surface area contributed by atoms with Crippen molar-refractivity contribution in [1.82, 2.24) is 4.98 Å². The van der Waals surface area contributed by atoms with Crippen molar-refractivity contribution < 1.29 is 9.15 Å². The number of nitrogen functional groups attached to an aromatic ring is 1. The van der Waals surface area contributed by atoms with Crippen LogP contribution in [0.3, 0.4) is 0 Å². The van der Waals surface area contributed by atoms with Gasteiger partial charge >= 0.3 is 0 Å². The molecule has 90 valence electrons. The summed E-state index contributed by atoms with van der Waals surface area (Å²) in [6.07, 6.45) is 1.71. The number of nitrogens with zero attached hydrogens (tertiary/aromatic N) is 1. The van der Waals surface area contributed by atoms with Gasteiger partial charge in [0.25, 0.3) is 6.01 Å². The molecule has 0 bridgehead atoms. The Bertz CT molecular complexity index is 489. The van der Waals surface area contributed by atoms with Gasteiger partial charge in [-0.15, -0.1) is 0 Å². The predicted molar refractivity (Wildman–Crippen MR) is 66.1 cm³/mol. The summed E-state index contributed by atoms with van der Waals surface area (Å²) in [5.74, 6) is 1.73. The molecule has 17 heavy (non-hydrogen) atoms. The number of benzene rings is 1. The van der Waals surface area contributed by atoms with Crippen LogP contribution in [0.25, 0.3) is 0 Å². The SMILES string of the molecule is COc1ccc(CCc2oc(N)nc2C)cc1. The molecule has 0 aliphatic carbocycles. The zero-order valence-corrected chi connectivity index (χ0v) is 10.1. The largest absolute Gasteiger partial charge is 0.497 e. The third kappa shape index (κ3) is 2.78. The van der Waals surface area contributed by atoms with Crippen molar-refractivity contribution in [3.05, 3.63) is 41.3 Å². The van der Waals surface area contributed by atoms with Crippen LogP contribution in [0, 0.1) is 6.92 Å².